The summed E-state index contributed by atoms with van der Waals surface area (Å²) in [4.78, 5) is 0. The standard InChI is InChI=1S/C17H25N/c1-12(2)14-5-4-6-15(9-14)16-7-8-17(10-16)11-18-13(17)3/h4-6,9,12-13,16,18H,7-8,10-11H2,1-3H3/t13-,16?,17?/m1/s1. The van der Waals surface area contributed by atoms with Gasteiger partial charge in [0.2, 0.25) is 0 Å². The summed E-state index contributed by atoms with van der Waals surface area (Å²) in [5.41, 5.74) is 3.70. The quantitative estimate of drug-likeness (QED) is 0.826. The van der Waals surface area contributed by atoms with Gasteiger partial charge in [0.1, 0.15) is 0 Å². The minimum absolute atomic E-state index is 0.624. The van der Waals surface area contributed by atoms with Crippen LogP contribution in [0.5, 0.6) is 0 Å². The van der Waals surface area contributed by atoms with E-state index in [0.29, 0.717) is 11.3 Å². The summed E-state index contributed by atoms with van der Waals surface area (Å²) < 4.78 is 0. The Morgan fingerprint density at radius 3 is 2.72 bits per heavy atom. The zero-order valence-electron chi connectivity index (χ0n) is 11.9. The van der Waals surface area contributed by atoms with Crippen molar-refractivity contribution in [1.29, 1.82) is 0 Å². The molecule has 3 atom stereocenters. The Bertz CT molecular complexity index is 437. The van der Waals surface area contributed by atoms with Crippen molar-refractivity contribution in [3.63, 3.8) is 0 Å². The highest BCUT2D eigenvalue weighted by molar-refractivity contribution is 5.30. The van der Waals surface area contributed by atoms with Crippen LogP contribution >= 0.6 is 0 Å². The third-order valence-corrected chi connectivity index (χ3v) is 5.37. The van der Waals surface area contributed by atoms with E-state index in [9.17, 15) is 0 Å². The van der Waals surface area contributed by atoms with Crippen LogP contribution in [0.3, 0.4) is 0 Å². The number of rotatable bonds is 2. The molecule has 1 heterocycles. The third-order valence-electron chi connectivity index (χ3n) is 5.37. The topological polar surface area (TPSA) is 12.0 Å². The summed E-state index contributed by atoms with van der Waals surface area (Å²) in [5.74, 6) is 1.44. The second-order valence-corrected chi connectivity index (χ2v) is 6.73. The molecule has 1 aliphatic heterocycles. The Morgan fingerprint density at radius 1 is 1.33 bits per heavy atom. The predicted molar refractivity (Wildman–Crippen MR) is 77.0 cm³/mol. The first-order valence-corrected chi connectivity index (χ1v) is 7.44. The molecule has 1 aliphatic carbocycles. The molecule has 18 heavy (non-hydrogen) atoms. The van der Waals surface area contributed by atoms with E-state index in [1.807, 2.05) is 0 Å². The van der Waals surface area contributed by atoms with E-state index in [0.717, 1.165) is 12.0 Å². The van der Waals surface area contributed by atoms with Crippen molar-refractivity contribution < 1.29 is 0 Å². The number of hydrogen-bond donors (Lipinski definition) is 1. The first kappa shape index (κ1) is 12.2. The summed E-state index contributed by atoms with van der Waals surface area (Å²) in [6.07, 6.45) is 4.19. The predicted octanol–water partition coefficient (Wildman–Crippen LogP) is 4.06. The van der Waals surface area contributed by atoms with E-state index in [1.165, 1.54) is 31.4 Å². The molecule has 1 N–H and O–H groups in total. The van der Waals surface area contributed by atoms with Gasteiger partial charge in [0, 0.05) is 12.6 Å². The SMILES string of the molecule is CC(C)c1cccc(C2CCC3(CN[C@@H]3C)C2)c1. The van der Waals surface area contributed by atoms with Crippen molar-refractivity contribution in [3.8, 4) is 0 Å². The third kappa shape index (κ3) is 1.89. The van der Waals surface area contributed by atoms with Crippen LogP contribution in [0.4, 0.5) is 0 Å². The summed E-state index contributed by atoms with van der Waals surface area (Å²) >= 11 is 0. The van der Waals surface area contributed by atoms with Gasteiger partial charge in [-0.15, -0.1) is 0 Å². The molecule has 1 saturated carbocycles. The van der Waals surface area contributed by atoms with Crippen LogP contribution in [0.25, 0.3) is 0 Å². The average Bonchev–Trinajstić information content (AvgIpc) is 2.85. The van der Waals surface area contributed by atoms with Gasteiger partial charge in [-0.2, -0.15) is 0 Å². The van der Waals surface area contributed by atoms with Crippen LogP contribution in [0.2, 0.25) is 0 Å². The monoisotopic (exact) mass is 243 g/mol. The van der Waals surface area contributed by atoms with Crippen LogP contribution in [-0.4, -0.2) is 12.6 Å². The van der Waals surface area contributed by atoms with Crippen LogP contribution in [0, 0.1) is 5.41 Å². The Labute approximate surface area is 111 Å². The molecule has 1 nitrogen and oxygen atoms in total. The zero-order chi connectivity index (χ0) is 12.8. The highest BCUT2D eigenvalue weighted by Crippen LogP contribution is 2.51. The average molecular weight is 243 g/mol. The minimum atomic E-state index is 0.624. The fourth-order valence-electron chi connectivity index (χ4n) is 3.76. The maximum absolute atomic E-state index is 3.54. The maximum Gasteiger partial charge on any atom is 0.0108 e. The van der Waals surface area contributed by atoms with Gasteiger partial charge in [-0.3, -0.25) is 0 Å². The number of nitrogens with one attached hydrogen (secondary N) is 1. The van der Waals surface area contributed by atoms with Gasteiger partial charge in [-0.1, -0.05) is 38.1 Å². The molecule has 3 rings (SSSR count). The van der Waals surface area contributed by atoms with Crippen molar-refractivity contribution in [1.82, 2.24) is 5.32 Å². The summed E-state index contributed by atoms with van der Waals surface area (Å²) in [7, 11) is 0. The van der Waals surface area contributed by atoms with E-state index in [1.54, 1.807) is 5.56 Å². The summed E-state index contributed by atoms with van der Waals surface area (Å²) in [6, 6.07) is 10.0. The summed E-state index contributed by atoms with van der Waals surface area (Å²) in [6.45, 7) is 8.17. The Hall–Kier alpha value is -0.820. The fourth-order valence-corrected chi connectivity index (χ4v) is 3.76. The van der Waals surface area contributed by atoms with Crippen molar-refractivity contribution in [2.24, 2.45) is 5.41 Å². The van der Waals surface area contributed by atoms with Crippen LogP contribution in [-0.2, 0) is 0 Å². The Balaban J connectivity index is 1.78. The zero-order valence-corrected chi connectivity index (χ0v) is 11.9. The van der Waals surface area contributed by atoms with Crippen molar-refractivity contribution >= 4 is 0 Å². The molecular weight excluding hydrogens is 218 g/mol. The molecule has 98 valence electrons. The second-order valence-electron chi connectivity index (χ2n) is 6.73. The van der Waals surface area contributed by atoms with Crippen LogP contribution < -0.4 is 5.32 Å². The highest BCUT2D eigenvalue weighted by atomic mass is 15.0. The molecule has 2 unspecified atom stereocenters. The van der Waals surface area contributed by atoms with E-state index in [2.05, 4.69) is 50.4 Å². The Kier molecular flexibility index (Phi) is 2.97. The molecule has 0 amide bonds. The maximum atomic E-state index is 3.54. The molecule has 0 radical (unpaired) electrons. The lowest BCUT2D eigenvalue weighted by Gasteiger charge is -2.47. The Morgan fingerprint density at radius 2 is 2.17 bits per heavy atom. The van der Waals surface area contributed by atoms with Crippen LogP contribution in [0.15, 0.2) is 24.3 Å². The molecule has 1 heteroatoms. The largest absolute Gasteiger partial charge is 0.313 e. The van der Waals surface area contributed by atoms with Gasteiger partial charge in [-0.25, -0.2) is 0 Å². The smallest absolute Gasteiger partial charge is 0.0108 e. The number of hydrogen-bond acceptors (Lipinski definition) is 1. The van der Waals surface area contributed by atoms with E-state index in [-0.39, 0.29) is 0 Å². The molecule has 0 aromatic heterocycles. The molecular formula is C17H25N. The molecule has 1 saturated heterocycles. The van der Waals surface area contributed by atoms with E-state index in [4.69, 9.17) is 0 Å². The van der Waals surface area contributed by atoms with Gasteiger partial charge in [-0.05, 0) is 54.6 Å². The lowest BCUT2D eigenvalue weighted by atomic mass is 9.72. The molecule has 0 bridgehead atoms. The molecule has 2 aliphatic rings. The first-order valence-electron chi connectivity index (χ1n) is 7.44. The lowest BCUT2D eigenvalue weighted by Crippen LogP contribution is -2.59. The van der Waals surface area contributed by atoms with Crippen molar-refractivity contribution in [3.05, 3.63) is 35.4 Å². The van der Waals surface area contributed by atoms with Gasteiger partial charge >= 0.3 is 0 Å². The fraction of sp³-hybridized carbons (Fsp3) is 0.647. The van der Waals surface area contributed by atoms with E-state index < -0.39 is 0 Å². The van der Waals surface area contributed by atoms with Gasteiger partial charge in [0.05, 0.1) is 0 Å². The highest BCUT2D eigenvalue weighted by Gasteiger charge is 2.48. The van der Waals surface area contributed by atoms with E-state index >= 15 is 0 Å². The first-order chi connectivity index (χ1) is 8.61. The lowest BCUT2D eigenvalue weighted by molar-refractivity contribution is 0.101. The molecule has 1 spiro atoms. The second kappa shape index (κ2) is 4.38. The van der Waals surface area contributed by atoms with Gasteiger partial charge < -0.3 is 5.32 Å². The molecule has 1 aromatic carbocycles. The number of benzene rings is 1. The minimum Gasteiger partial charge on any atom is -0.313 e. The summed E-state index contributed by atoms with van der Waals surface area (Å²) in [5, 5.41) is 3.54. The molecule has 1 aromatic rings. The van der Waals surface area contributed by atoms with Crippen molar-refractivity contribution in [2.45, 2.75) is 57.9 Å². The molecule has 2 fully saturated rings. The van der Waals surface area contributed by atoms with Gasteiger partial charge in [0.15, 0.2) is 0 Å². The van der Waals surface area contributed by atoms with Crippen molar-refractivity contribution in [2.75, 3.05) is 6.54 Å². The normalized spacial score (nSPS) is 35.1. The van der Waals surface area contributed by atoms with Crippen LogP contribution in [0.1, 0.15) is 63.0 Å². The van der Waals surface area contributed by atoms with Gasteiger partial charge in [0.25, 0.3) is 0 Å².